The highest BCUT2D eigenvalue weighted by Crippen LogP contribution is 2.19. The Hall–Kier alpha value is -2.69. The van der Waals surface area contributed by atoms with Gasteiger partial charge in [0.15, 0.2) is 0 Å². The van der Waals surface area contributed by atoms with Gasteiger partial charge in [0.05, 0.1) is 13.4 Å². The zero-order valence-electron chi connectivity index (χ0n) is 11.0. The van der Waals surface area contributed by atoms with Crippen molar-refractivity contribution in [3.05, 3.63) is 54.1 Å². The number of rotatable bonds is 4. The summed E-state index contributed by atoms with van der Waals surface area (Å²) in [7, 11) is 1.34. The normalized spacial score (nSPS) is 10.7. The summed E-state index contributed by atoms with van der Waals surface area (Å²) >= 11 is 0. The van der Waals surface area contributed by atoms with Gasteiger partial charge >= 0.3 is 5.97 Å². The summed E-state index contributed by atoms with van der Waals surface area (Å²) in [5.41, 5.74) is 2.84. The van der Waals surface area contributed by atoms with E-state index in [-0.39, 0.29) is 5.76 Å². The molecule has 2 heterocycles. The topological polar surface area (TPSA) is 67.3 Å². The van der Waals surface area contributed by atoms with Crippen LogP contribution in [0.15, 0.2) is 47.2 Å². The van der Waals surface area contributed by atoms with Crippen LogP contribution in [0.3, 0.4) is 0 Å². The summed E-state index contributed by atoms with van der Waals surface area (Å²) in [5.74, 6) is -0.226. The van der Waals surface area contributed by atoms with E-state index in [4.69, 9.17) is 4.42 Å². The number of hydrogen-bond donors (Lipinski definition) is 2. The molecule has 0 aliphatic rings. The van der Waals surface area contributed by atoms with Gasteiger partial charge in [-0.1, -0.05) is 0 Å². The molecule has 0 bridgehead atoms. The molecule has 3 rings (SSSR count). The predicted molar refractivity (Wildman–Crippen MR) is 75.7 cm³/mol. The molecule has 20 heavy (non-hydrogen) atoms. The second-order valence-corrected chi connectivity index (χ2v) is 4.40. The Morgan fingerprint density at radius 3 is 3.10 bits per heavy atom. The first-order chi connectivity index (χ1) is 9.78. The molecule has 2 aromatic heterocycles. The number of aromatic nitrogens is 1. The number of nitrogens with one attached hydrogen (secondary N) is 2. The van der Waals surface area contributed by atoms with Crippen LogP contribution in [0.5, 0.6) is 0 Å². The number of hydrogen-bond acceptors (Lipinski definition) is 4. The fraction of sp³-hybridized carbons (Fsp3) is 0.133. The van der Waals surface area contributed by atoms with Gasteiger partial charge in [0.2, 0.25) is 5.76 Å². The number of furan rings is 1. The number of H-pyrrole nitrogens is 1. The van der Waals surface area contributed by atoms with Crippen molar-refractivity contribution in [2.24, 2.45) is 0 Å². The van der Waals surface area contributed by atoms with Gasteiger partial charge in [0.25, 0.3) is 0 Å². The van der Waals surface area contributed by atoms with Crippen molar-refractivity contribution in [2.45, 2.75) is 6.54 Å². The summed E-state index contributed by atoms with van der Waals surface area (Å²) in [6, 6.07) is 9.81. The highest BCUT2D eigenvalue weighted by molar-refractivity contribution is 5.88. The lowest BCUT2D eigenvalue weighted by molar-refractivity contribution is 0.0563. The Labute approximate surface area is 115 Å². The van der Waals surface area contributed by atoms with Crippen LogP contribution in [0.25, 0.3) is 10.9 Å². The molecule has 0 aliphatic heterocycles. The molecule has 102 valence electrons. The van der Waals surface area contributed by atoms with Gasteiger partial charge in [-0.05, 0) is 30.3 Å². The van der Waals surface area contributed by atoms with Crippen LogP contribution < -0.4 is 5.32 Å². The van der Waals surface area contributed by atoms with Crippen LogP contribution in [-0.4, -0.2) is 18.1 Å². The van der Waals surface area contributed by atoms with Gasteiger partial charge in [0.1, 0.15) is 0 Å². The zero-order valence-corrected chi connectivity index (χ0v) is 11.0. The van der Waals surface area contributed by atoms with Crippen molar-refractivity contribution >= 4 is 22.6 Å². The summed E-state index contributed by atoms with van der Waals surface area (Å²) in [5, 5.41) is 4.40. The molecule has 0 spiro atoms. The lowest BCUT2D eigenvalue weighted by Gasteiger charge is -2.06. The molecule has 0 radical (unpaired) electrons. The average Bonchev–Trinajstić information content (AvgIpc) is 3.12. The number of aromatic amines is 1. The van der Waals surface area contributed by atoms with Crippen molar-refractivity contribution in [2.75, 3.05) is 12.4 Å². The summed E-state index contributed by atoms with van der Waals surface area (Å²) in [4.78, 5) is 14.6. The van der Waals surface area contributed by atoms with E-state index in [0.29, 0.717) is 6.54 Å². The Morgan fingerprint density at radius 2 is 2.25 bits per heavy atom. The number of esters is 1. The minimum absolute atomic E-state index is 0.239. The van der Waals surface area contributed by atoms with Crippen LogP contribution in [0.4, 0.5) is 5.69 Å². The molecule has 0 aliphatic carbocycles. The maximum absolute atomic E-state index is 11.5. The second kappa shape index (κ2) is 5.13. The third-order valence-corrected chi connectivity index (χ3v) is 3.15. The van der Waals surface area contributed by atoms with E-state index in [0.717, 1.165) is 22.2 Å². The number of anilines is 1. The molecule has 0 amide bonds. The van der Waals surface area contributed by atoms with Crippen LogP contribution in [-0.2, 0) is 11.3 Å². The molecular weight excluding hydrogens is 256 g/mol. The van der Waals surface area contributed by atoms with Gasteiger partial charge in [-0.2, -0.15) is 0 Å². The molecule has 5 heteroatoms. The van der Waals surface area contributed by atoms with Gasteiger partial charge < -0.3 is 19.5 Å². The van der Waals surface area contributed by atoms with E-state index in [1.54, 1.807) is 6.07 Å². The zero-order chi connectivity index (χ0) is 13.9. The highest BCUT2D eigenvalue weighted by Gasteiger charge is 2.15. The summed E-state index contributed by atoms with van der Waals surface area (Å²) < 4.78 is 9.81. The molecule has 5 nitrogen and oxygen atoms in total. The van der Waals surface area contributed by atoms with Crippen LogP contribution >= 0.6 is 0 Å². The van der Waals surface area contributed by atoms with Crippen LogP contribution in [0.1, 0.15) is 16.1 Å². The van der Waals surface area contributed by atoms with E-state index in [1.165, 1.54) is 13.4 Å². The van der Waals surface area contributed by atoms with E-state index < -0.39 is 5.97 Å². The number of fused-ring (bicyclic) bond motifs is 1. The quantitative estimate of drug-likeness (QED) is 0.715. The van der Waals surface area contributed by atoms with Crippen molar-refractivity contribution in [1.29, 1.82) is 0 Å². The van der Waals surface area contributed by atoms with Crippen molar-refractivity contribution in [3.63, 3.8) is 0 Å². The Balaban J connectivity index is 1.76. The number of benzene rings is 1. The number of methoxy groups -OCH3 is 1. The molecule has 0 saturated carbocycles. The SMILES string of the molecule is COC(=O)c1occc1CNc1ccc2[nH]ccc2c1. The Morgan fingerprint density at radius 1 is 1.35 bits per heavy atom. The molecule has 0 saturated heterocycles. The lowest BCUT2D eigenvalue weighted by Crippen LogP contribution is -2.06. The molecule has 0 unspecified atom stereocenters. The highest BCUT2D eigenvalue weighted by atomic mass is 16.5. The van der Waals surface area contributed by atoms with Crippen molar-refractivity contribution in [1.82, 2.24) is 4.98 Å². The first-order valence-electron chi connectivity index (χ1n) is 6.23. The molecule has 2 N–H and O–H groups in total. The van der Waals surface area contributed by atoms with Gasteiger partial charge in [-0.25, -0.2) is 4.79 Å². The largest absolute Gasteiger partial charge is 0.463 e. The van der Waals surface area contributed by atoms with Gasteiger partial charge in [-0.15, -0.1) is 0 Å². The van der Waals surface area contributed by atoms with Gasteiger partial charge in [0, 0.05) is 34.9 Å². The maximum atomic E-state index is 11.5. The first kappa shape index (κ1) is 12.3. The molecule has 1 aromatic carbocycles. The molecule has 3 aromatic rings. The van der Waals surface area contributed by atoms with E-state index in [1.807, 2.05) is 30.5 Å². The summed E-state index contributed by atoms with van der Waals surface area (Å²) in [6.07, 6.45) is 3.39. The Kier molecular flexibility index (Phi) is 3.16. The average molecular weight is 270 g/mol. The van der Waals surface area contributed by atoms with Crippen LogP contribution in [0, 0.1) is 0 Å². The number of carbonyl (C=O) groups excluding carboxylic acids is 1. The fourth-order valence-corrected chi connectivity index (χ4v) is 2.11. The van der Waals surface area contributed by atoms with Crippen molar-refractivity contribution < 1.29 is 13.9 Å². The third-order valence-electron chi connectivity index (χ3n) is 3.15. The molecule has 0 fully saturated rings. The smallest absolute Gasteiger partial charge is 0.374 e. The first-order valence-corrected chi connectivity index (χ1v) is 6.23. The lowest BCUT2D eigenvalue weighted by atomic mass is 10.2. The molecule has 0 atom stereocenters. The van der Waals surface area contributed by atoms with Gasteiger partial charge in [-0.3, -0.25) is 0 Å². The van der Waals surface area contributed by atoms with E-state index in [9.17, 15) is 4.79 Å². The van der Waals surface area contributed by atoms with Crippen LogP contribution in [0.2, 0.25) is 0 Å². The fourth-order valence-electron chi connectivity index (χ4n) is 2.11. The maximum Gasteiger partial charge on any atom is 0.374 e. The van der Waals surface area contributed by atoms with E-state index in [2.05, 4.69) is 15.0 Å². The third kappa shape index (κ3) is 2.25. The Bertz CT molecular complexity index is 742. The second-order valence-electron chi connectivity index (χ2n) is 4.40. The van der Waals surface area contributed by atoms with E-state index >= 15 is 0 Å². The standard InChI is InChI=1S/C15H14N2O3/c1-19-15(18)14-11(5-7-20-14)9-17-12-2-3-13-10(8-12)4-6-16-13/h2-8,16-17H,9H2,1H3. The number of ether oxygens (including phenoxy) is 1. The minimum atomic E-state index is -0.465. The summed E-state index contributed by atoms with van der Waals surface area (Å²) in [6.45, 7) is 0.497. The van der Waals surface area contributed by atoms with Crippen molar-refractivity contribution in [3.8, 4) is 0 Å². The molecular formula is C15H14N2O3. The number of carbonyl (C=O) groups is 1. The minimum Gasteiger partial charge on any atom is -0.463 e. The monoisotopic (exact) mass is 270 g/mol. The predicted octanol–water partition coefficient (Wildman–Crippen LogP) is 3.16.